The van der Waals surface area contributed by atoms with Crippen LogP contribution in [0.3, 0.4) is 0 Å². The Morgan fingerprint density at radius 3 is 2.57 bits per heavy atom. The topological polar surface area (TPSA) is 49.4 Å². The van der Waals surface area contributed by atoms with E-state index < -0.39 is 11.1 Å². The molecule has 0 radical (unpaired) electrons. The molecule has 0 saturated heterocycles. The standard InChI is InChI=1S/C10H12O3S/c1-13-10-6-4-9(5-7-10)3-2-8-14(11)12/h2-7H,8H2,1H3,(H,11,12)/p-1/b3-2+. The van der Waals surface area contributed by atoms with E-state index in [-0.39, 0.29) is 5.75 Å². The highest BCUT2D eigenvalue weighted by atomic mass is 32.2. The van der Waals surface area contributed by atoms with Crippen molar-refractivity contribution >= 4 is 17.2 Å². The van der Waals surface area contributed by atoms with Gasteiger partial charge in [0.2, 0.25) is 0 Å². The first kappa shape index (κ1) is 10.9. The molecule has 0 N–H and O–H groups in total. The van der Waals surface area contributed by atoms with E-state index in [1.165, 1.54) is 0 Å². The van der Waals surface area contributed by atoms with Gasteiger partial charge in [-0.05, 0) is 17.7 Å². The van der Waals surface area contributed by atoms with Gasteiger partial charge in [0.1, 0.15) is 5.75 Å². The largest absolute Gasteiger partial charge is 0.772 e. The first-order valence-corrected chi connectivity index (χ1v) is 5.33. The summed E-state index contributed by atoms with van der Waals surface area (Å²) < 4.78 is 25.4. The normalized spacial score (nSPS) is 13.0. The summed E-state index contributed by atoms with van der Waals surface area (Å²) >= 11 is -2.01. The summed E-state index contributed by atoms with van der Waals surface area (Å²) in [4.78, 5) is 0. The van der Waals surface area contributed by atoms with E-state index in [4.69, 9.17) is 4.74 Å². The molecule has 0 fully saturated rings. The smallest absolute Gasteiger partial charge is 0.118 e. The molecule has 0 bridgehead atoms. The van der Waals surface area contributed by atoms with Crippen LogP contribution in [0, 0.1) is 0 Å². The zero-order valence-corrected chi connectivity index (χ0v) is 8.62. The molecule has 0 heterocycles. The van der Waals surface area contributed by atoms with E-state index >= 15 is 0 Å². The maximum absolute atomic E-state index is 10.2. The first-order chi connectivity index (χ1) is 6.72. The minimum atomic E-state index is -2.01. The highest BCUT2D eigenvalue weighted by Gasteiger charge is 1.89. The molecule has 0 saturated carbocycles. The van der Waals surface area contributed by atoms with Crippen molar-refractivity contribution in [3.05, 3.63) is 35.9 Å². The van der Waals surface area contributed by atoms with E-state index in [9.17, 15) is 8.76 Å². The van der Waals surface area contributed by atoms with Crippen molar-refractivity contribution in [2.75, 3.05) is 12.9 Å². The van der Waals surface area contributed by atoms with Gasteiger partial charge in [0.25, 0.3) is 0 Å². The van der Waals surface area contributed by atoms with Gasteiger partial charge in [-0.1, -0.05) is 35.4 Å². The Morgan fingerprint density at radius 1 is 1.43 bits per heavy atom. The molecule has 3 nitrogen and oxygen atoms in total. The lowest BCUT2D eigenvalue weighted by molar-refractivity contribution is 0.415. The van der Waals surface area contributed by atoms with E-state index in [0.29, 0.717) is 0 Å². The molecule has 0 spiro atoms. The van der Waals surface area contributed by atoms with E-state index in [2.05, 4.69) is 0 Å². The Hall–Kier alpha value is -1.13. The van der Waals surface area contributed by atoms with Crippen LogP contribution < -0.4 is 4.74 Å². The molecule has 1 aromatic carbocycles. The summed E-state index contributed by atoms with van der Waals surface area (Å²) in [7, 11) is 1.60. The minimum Gasteiger partial charge on any atom is -0.772 e. The van der Waals surface area contributed by atoms with Gasteiger partial charge in [0, 0.05) is 5.75 Å². The van der Waals surface area contributed by atoms with Crippen molar-refractivity contribution in [1.82, 2.24) is 0 Å². The van der Waals surface area contributed by atoms with Crippen LogP contribution >= 0.6 is 0 Å². The lowest BCUT2D eigenvalue weighted by Gasteiger charge is -2.00. The van der Waals surface area contributed by atoms with E-state index in [0.717, 1.165) is 11.3 Å². The SMILES string of the molecule is COc1ccc(/C=C/CS(=O)[O-])cc1. The van der Waals surface area contributed by atoms with Crippen molar-refractivity contribution in [2.24, 2.45) is 0 Å². The third-order valence-corrected chi connectivity index (χ3v) is 2.12. The van der Waals surface area contributed by atoms with Gasteiger partial charge >= 0.3 is 0 Å². The predicted molar refractivity (Wildman–Crippen MR) is 55.8 cm³/mol. The van der Waals surface area contributed by atoms with Crippen molar-refractivity contribution in [3.63, 3.8) is 0 Å². The lowest BCUT2D eigenvalue weighted by Crippen LogP contribution is -1.89. The molecular weight excluding hydrogens is 200 g/mol. The van der Waals surface area contributed by atoms with E-state index in [1.807, 2.05) is 24.3 Å². The highest BCUT2D eigenvalue weighted by molar-refractivity contribution is 7.79. The van der Waals surface area contributed by atoms with Gasteiger partial charge in [-0.2, -0.15) is 0 Å². The fourth-order valence-electron chi connectivity index (χ4n) is 0.978. The number of hydrogen-bond acceptors (Lipinski definition) is 3. The van der Waals surface area contributed by atoms with Crippen molar-refractivity contribution in [3.8, 4) is 5.75 Å². The fourth-order valence-corrected chi connectivity index (χ4v) is 1.23. The Balaban J connectivity index is 2.59. The average Bonchev–Trinajstić information content (AvgIpc) is 2.18. The number of rotatable bonds is 4. The summed E-state index contributed by atoms with van der Waals surface area (Å²) in [5, 5.41) is 0. The van der Waals surface area contributed by atoms with Gasteiger partial charge in [0.05, 0.1) is 7.11 Å². The van der Waals surface area contributed by atoms with Gasteiger partial charge in [0.15, 0.2) is 0 Å². The van der Waals surface area contributed by atoms with Crippen LogP contribution in [0.25, 0.3) is 6.08 Å². The van der Waals surface area contributed by atoms with Crippen molar-refractivity contribution in [1.29, 1.82) is 0 Å². The molecule has 1 aromatic rings. The molecule has 4 heteroatoms. The van der Waals surface area contributed by atoms with Crippen molar-refractivity contribution < 1.29 is 13.5 Å². The Bertz CT molecular complexity index is 330. The van der Waals surface area contributed by atoms with E-state index in [1.54, 1.807) is 19.3 Å². The minimum absolute atomic E-state index is 0.0476. The van der Waals surface area contributed by atoms with Gasteiger partial charge in [-0.15, -0.1) is 0 Å². The van der Waals surface area contributed by atoms with Gasteiger partial charge in [-0.25, -0.2) is 0 Å². The van der Waals surface area contributed by atoms with Gasteiger partial charge in [-0.3, -0.25) is 4.21 Å². The van der Waals surface area contributed by atoms with Crippen LogP contribution in [0.2, 0.25) is 0 Å². The molecule has 0 aliphatic carbocycles. The fraction of sp³-hybridized carbons (Fsp3) is 0.200. The molecule has 0 aliphatic heterocycles. The molecule has 0 aliphatic rings. The first-order valence-electron chi connectivity index (χ1n) is 4.09. The molecule has 1 atom stereocenters. The molecule has 0 amide bonds. The average molecular weight is 211 g/mol. The van der Waals surface area contributed by atoms with Crippen LogP contribution in [0.1, 0.15) is 5.56 Å². The summed E-state index contributed by atoms with van der Waals surface area (Å²) in [6.07, 6.45) is 3.36. The number of benzene rings is 1. The zero-order valence-electron chi connectivity index (χ0n) is 7.80. The predicted octanol–water partition coefficient (Wildman–Crippen LogP) is 1.59. The molecule has 1 unspecified atom stereocenters. The van der Waals surface area contributed by atoms with Crippen molar-refractivity contribution in [2.45, 2.75) is 0 Å². The maximum atomic E-state index is 10.2. The number of hydrogen-bond donors (Lipinski definition) is 0. The second-order valence-corrected chi connectivity index (χ2v) is 3.59. The Morgan fingerprint density at radius 2 is 2.07 bits per heavy atom. The van der Waals surface area contributed by atoms with Crippen LogP contribution in [-0.2, 0) is 11.1 Å². The molecule has 1 rings (SSSR count). The second kappa shape index (κ2) is 5.57. The maximum Gasteiger partial charge on any atom is 0.118 e. The molecule has 76 valence electrons. The molecule has 0 aromatic heterocycles. The number of ether oxygens (including phenoxy) is 1. The third-order valence-electron chi connectivity index (χ3n) is 1.66. The molecule has 14 heavy (non-hydrogen) atoms. The van der Waals surface area contributed by atoms with Crippen LogP contribution in [0.4, 0.5) is 0 Å². The summed E-state index contributed by atoms with van der Waals surface area (Å²) in [5.74, 6) is 0.834. The van der Waals surface area contributed by atoms with Gasteiger partial charge < -0.3 is 9.29 Å². The molecular formula is C10H11O3S-. The summed E-state index contributed by atoms with van der Waals surface area (Å²) in [6.45, 7) is 0. The second-order valence-electron chi connectivity index (χ2n) is 2.65. The number of methoxy groups -OCH3 is 1. The quantitative estimate of drug-likeness (QED) is 0.710. The van der Waals surface area contributed by atoms with Crippen LogP contribution in [-0.4, -0.2) is 21.6 Å². The zero-order chi connectivity index (χ0) is 10.4. The Labute approximate surface area is 85.7 Å². The lowest BCUT2D eigenvalue weighted by atomic mass is 10.2. The third kappa shape index (κ3) is 3.72. The summed E-state index contributed by atoms with van der Waals surface area (Å²) in [6, 6.07) is 7.38. The summed E-state index contributed by atoms with van der Waals surface area (Å²) in [5.41, 5.74) is 0.955. The van der Waals surface area contributed by atoms with Crippen LogP contribution in [0.5, 0.6) is 5.75 Å². The monoisotopic (exact) mass is 211 g/mol. The highest BCUT2D eigenvalue weighted by Crippen LogP contribution is 2.12. The Kier molecular flexibility index (Phi) is 4.35. The van der Waals surface area contributed by atoms with Crippen LogP contribution in [0.15, 0.2) is 30.3 Å².